The molecule has 0 radical (unpaired) electrons. The van der Waals surface area contributed by atoms with Crippen LogP contribution in [0.4, 0.5) is 15.8 Å². The van der Waals surface area contributed by atoms with Crippen molar-refractivity contribution in [1.29, 1.82) is 0 Å². The van der Waals surface area contributed by atoms with E-state index in [1.165, 1.54) is 24.3 Å². The Morgan fingerprint density at radius 1 is 0.818 bits per heavy atom. The Hall–Kier alpha value is -3.16. The van der Waals surface area contributed by atoms with Crippen molar-refractivity contribution in [2.24, 2.45) is 0 Å². The molecule has 5 nitrogen and oxygen atoms in total. The van der Waals surface area contributed by atoms with Crippen molar-refractivity contribution < 1.29 is 17.8 Å². The lowest BCUT2D eigenvalue weighted by atomic mass is 10.1. The van der Waals surface area contributed by atoms with Gasteiger partial charge in [0.2, 0.25) is 15.4 Å². The maximum Gasteiger partial charge on any atom is 0.214 e. The number of nitrogens with zero attached hydrogens (tertiary/aromatic N) is 2. The number of hydrogen-bond acceptors (Lipinski definition) is 4. The molecule has 4 aromatic rings. The molecule has 0 amide bonds. The Labute approximate surface area is 197 Å². The number of piperazine rings is 1. The van der Waals surface area contributed by atoms with Crippen LogP contribution in [0.3, 0.4) is 0 Å². The minimum atomic E-state index is -3.78. The van der Waals surface area contributed by atoms with Gasteiger partial charge in [0, 0.05) is 43.0 Å². The lowest BCUT2D eigenvalue weighted by molar-refractivity contribution is -0.347. The Kier molecular flexibility index (Phi) is 5.68. The number of H-pyrrole nitrogens is 1. The van der Waals surface area contributed by atoms with Gasteiger partial charge in [-0.1, -0.05) is 23.7 Å². The Morgan fingerprint density at radius 3 is 2.15 bits per heavy atom. The van der Waals surface area contributed by atoms with Crippen LogP contribution in [0, 0.1) is 5.82 Å². The van der Waals surface area contributed by atoms with Crippen molar-refractivity contribution in [2.45, 2.75) is 9.79 Å². The molecule has 33 heavy (non-hydrogen) atoms. The number of benzene rings is 3. The standard InChI is InChI=1S/C25H21ClFN3O2S/c26-18-5-11-21(12-6-18)33(31,32)24-17-28-23-4-2-1-3-22(23)25(24)30-15-13-29(14-16-30)20-9-7-19(27)8-10-20/h1-12,17H,13-16H2/p+1. The quantitative estimate of drug-likeness (QED) is 0.426. The molecular formula is C25H22ClFN3O2S+. The summed E-state index contributed by atoms with van der Waals surface area (Å²) in [6.07, 6.45) is 1.58. The lowest BCUT2D eigenvalue weighted by Crippen LogP contribution is -2.47. The van der Waals surface area contributed by atoms with Crippen LogP contribution in [0.5, 0.6) is 0 Å². The molecule has 1 saturated heterocycles. The molecule has 1 aromatic heterocycles. The van der Waals surface area contributed by atoms with Crippen molar-refractivity contribution in [2.75, 3.05) is 36.0 Å². The first kappa shape index (κ1) is 21.7. The first-order chi connectivity index (χ1) is 15.9. The van der Waals surface area contributed by atoms with Gasteiger partial charge in [-0.3, -0.25) is 0 Å². The van der Waals surface area contributed by atoms with Crippen LogP contribution in [-0.4, -0.2) is 34.6 Å². The molecule has 0 spiro atoms. The zero-order valence-corrected chi connectivity index (χ0v) is 19.3. The van der Waals surface area contributed by atoms with E-state index in [4.69, 9.17) is 11.6 Å². The van der Waals surface area contributed by atoms with E-state index >= 15 is 0 Å². The molecule has 1 N–H and O–H groups in total. The molecule has 2 heterocycles. The number of halogens is 2. The summed E-state index contributed by atoms with van der Waals surface area (Å²) in [4.78, 5) is 7.88. The zero-order chi connectivity index (χ0) is 23.0. The van der Waals surface area contributed by atoms with E-state index in [-0.39, 0.29) is 15.6 Å². The average molecular weight is 483 g/mol. The smallest absolute Gasteiger partial charge is 0.214 e. The highest BCUT2D eigenvalue weighted by Gasteiger charge is 2.31. The SMILES string of the molecule is O=S(=O)(c1ccc(Cl)cc1)c1c[nH+]c2ccccc2c1N1CCN(c2ccc(F)cc2)CC1. The average Bonchev–Trinajstić information content (AvgIpc) is 2.84. The first-order valence-electron chi connectivity index (χ1n) is 10.6. The summed E-state index contributed by atoms with van der Waals surface area (Å²) < 4.78 is 40.6. The third-order valence-corrected chi connectivity index (χ3v) is 8.01. The fourth-order valence-electron chi connectivity index (χ4n) is 4.27. The van der Waals surface area contributed by atoms with Gasteiger partial charge in [-0.25, -0.2) is 17.8 Å². The third-order valence-electron chi connectivity index (χ3n) is 5.98. The second-order valence-electron chi connectivity index (χ2n) is 7.95. The number of pyridine rings is 1. The molecule has 8 heteroatoms. The van der Waals surface area contributed by atoms with Gasteiger partial charge in [0.15, 0.2) is 11.1 Å². The predicted molar refractivity (Wildman–Crippen MR) is 128 cm³/mol. The second-order valence-corrected chi connectivity index (χ2v) is 10.3. The van der Waals surface area contributed by atoms with Gasteiger partial charge in [0.05, 0.1) is 16.0 Å². The van der Waals surface area contributed by atoms with E-state index in [0.29, 0.717) is 36.9 Å². The number of nitrogens with one attached hydrogen (secondary N) is 1. The second kappa shape index (κ2) is 8.65. The van der Waals surface area contributed by atoms with Gasteiger partial charge in [0.1, 0.15) is 5.82 Å². The number of rotatable bonds is 4. The number of sulfone groups is 1. The summed E-state index contributed by atoms with van der Waals surface area (Å²) in [7, 11) is -3.78. The fourth-order valence-corrected chi connectivity index (χ4v) is 5.85. The van der Waals surface area contributed by atoms with Gasteiger partial charge in [-0.05, 0) is 54.6 Å². The van der Waals surface area contributed by atoms with E-state index in [9.17, 15) is 12.8 Å². The minimum Gasteiger partial charge on any atom is -0.368 e. The summed E-state index contributed by atoms with van der Waals surface area (Å²) in [5, 5.41) is 1.33. The molecular weight excluding hydrogens is 461 g/mol. The van der Waals surface area contributed by atoms with Crippen LogP contribution in [0.2, 0.25) is 5.02 Å². The topological polar surface area (TPSA) is 54.8 Å². The van der Waals surface area contributed by atoms with Crippen molar-refractivity contribution >= 4 is 43.7 Å². The molecule has 1 aliphatic heterocycles. The predicted octanol–water partition coefficient (Wildman–Crippen LogP) is 4.61. The number of aromatic amines is 1. The molecule has 5 rings (SSSR count). The van der Waals surface area contributed by atoms with Gasteiger partial charge in [-0.15, -0.1) is 0 Å². The van der Waals surface area contributed by atoms with Crippen molar-refractivity contribution in [3.8, 4) is 0 Å². The van der Waals surface area contributed by atoms with E-state index in [0.717, 1.165) is 16.6 Å². The van der Waals surface area contributed by atoms with Gasteiger partial charge in [0.25, 0.3) is 0 Å². The summed E-state index contributed by atoms with van der Waals surface area (Å²) in [5.41, 5.74) is 2.51. The van der Waals surface area contributed by atoms with Gasteiger partial charge < -0.3 is 9.80 Å². The van der Waals surface area contributed by atoms with Crippen LogP contribution >= 0.6 is 11.6 Å². The molecule has 1 aliphatic rings. The highest BCUT2D eigenvalue weighted by Crippen LogP contribution is 2.35. The number of aromatic nitrogens is 1. The molecule has 0 bridgehead atoms. The Balaban J connectivity index is 1.55. The highest BCUT2D eigenvalue weighted by atomic mass is 35.5. The largest absolute Gasteiger partial charge is 0.368 e. The summed E-state index contributed by atoms with van der Waals surface area (Å²) in [6, 6.07) is 20.4. The van der Waals surface area contributed by atoms with E-state index in [2.05, 4.69) is 14.8 Å². The molecule has 0 aliphatic carbocycles. The van der Waals surface area contributed by atoms with Crippen LogP contribution in [0.25, 0.3) is 10.9 Å². The fraction of sp³-hybridized carbons (Fsp3) is 0.160. The van der Waals surface area contributed by atoms with Crippen LogP contribution in [-0.2, 0) is 9.84 Å². The molecule has 3 aromatic carbocycles. The van der Waals surface area contributed by atoms with Gasteiger partial charge >= 0.3 is 0 Å². The van der Waals surface area contributed by atoms with Crippen LogP contribution in [0.15, 0.2) is 88.8 Å². The minimum absolute atomic E-state index is 0.196. The van der Waals surface area contributed by atoms with Crippen LogP contribution in [0.1, 0.15) is 0 Å². The van der Waals surface area contributed by atoms with E-state index in [1.807, 2.05) is 24.3 Å². The number of anilines is 2. The monoisotopic (exact) mass is 482 g/mol. The lowest BCUT2D eigenvalue weighted by Gasteiger charge is -2.38. The zero-order valence-electron chi connectivity index (χ0n) is 17.7. The van der Waals surface area contributed by atoms with E-state index in [1.54, 1.807) is 30.5 Å². The third kappa shape index (κ3) is 4.14. The van der Waals surface area contributed by atoms with Gasteiger partial charge in [-0.2, -0.15) is 0 Å². The summed E-state index contributed by atoms with van der Waals surface area (Å²) >= 11 is 5.98. The maximum atomic E-state index is 13.6. The number of fused-ring (bicyclic) bond motifs is 1. The molecule has 1 fully saturated rings. The van der Waals surface area contributed by atoms with Crippen molar-refractivity contribution in [1.82, 2.24) is 0 Å². The molecule has 168 valence electrons. The number of para-hydroxylation sites is 1. The van der Waals surface area contributed by atoms with E-state index < -0.39 is 9.84 Å². The van der Waals surface area contributed by atoms with Crippen molar-refractivity contribution in [3.63, 3.8) is 0 Å². The Morgan fingerprint density at radius 2 is 1.45 bits per heavy atom. The maximum absolute atomic E-state index is 13.6. The first-order valence-corrected chi connectivity index (χ1v) is 12.5. The molecule has 0 atom stereocenters. The van der Waals surface area contributed by atoms with Crippen molar-refractivity contribution in [3.05, 3.63) is 89.8 Å². The molecule has 0 saturated carbocycles. The Bertz CT molecular complexity index is 1400. The highest BCUT2D eigenvalue weighted by molar-refractivity contribution is 7.91. The normalized spacial score (nSPS) is 14.6. The summed E-state index contributed by atoms with van der Waals surface area (Å²) in [5.74, 6) is -0.263. The number of hydrogen-bond donors (Lipinski definition) is 0. The molecule has 0 unspecified atom stereocenters. The summed E-state index contributed by atoms with van der Waals surface area (Å²) in [6.45, 7) is 2.65. The van der Waals surface area contributed by atoms with Crippen LogP contribution < -0.4 is 14.8 Å².